The van der Waals surface area contributed by atoms with Gasteiger partial charge >= 0.3 is 0 Å². The number of Topliss-reactive ketones (excluding diaryl/α,β-unsaturated/α-hetero) is 1. The fourth-order valence-electron chi connectivity index (χ4n) is 1.43. The highest BCUT2D eigenvalue weighted by atomic mass is 16.1. The zero-order valence-corrected chi connectivity index (χ0v) is 7.36. The predicted octanol–water partition coefficient (Wildman–Crippen LogP) is 1.65. The fourth-order valence-corrected chi connectivity index (χ4v) is 1.43. The first kappa shape index (κ1) is 8.23. The average molecular weight is 176 g/mol. The van der Waals surface area contributed by atoms with Crippen molar-refractivity contribution in [3.63, 3.8) is 0 Å². The molecule has 0 saturated heterocycles. The van der Waals surface area contributed by atoms with Gasteiger partial charge in [-0.05, 0) is 25.0 Å². The molecule has 0 aromatic carbocycles. The first-order valence-corrected chi connectivity index (χ1v) is 4.53. The Morgan fingerprint density at radius 2 is 2.23 bits per heavy atom. The number of nitrogen functional groups attached to an aromatic ring is 1. The quantitative estimate of drug-likeness (QED) is 0.697. The molecular weight excluding hydrogens is 164 g/mol. The SMILES string of the molecule is Nc1ccc(C(=O)C2CCC2)nc1. The molecule has 2 N–H and O–H groups in total. The van der Waals surface area contributed by atoms with Crippen LogP contribution in [0.5, 0.6) is 0 Å². The van der Waals surface area contributed by atoms with E-state index in [1.165, 1.54) is 12.6 Å². The third-order valence-corrected chi connectivity index (χ3v) is 2.51. The van der Waals surface area contributed by atoms with Gasteiger partial charge in [0.1, 0.15) is 5.69 Å². The molecule has 1 fully saturated rings. The number of anilines is 1. The molecule has 0 aliphatic heterocycles. The van der Waals surface area contributed by atoms with Gasteiger partial charge in [-0.25, -0.2) is 0 Å². The van der Waals surface area contributed by atoms with Crippen molar-refractivity contribution >= 4 is 11.5 Å². The molecular formula is C10H12N2O. The molecule has 1 saturated carbocycles. The number of carbonyl (C=O) groups is 1. The van der Waals surface area contributed by atoms with E-state index in [2.05, 4.69) is 4.98 Å². The molecule has 68 valence electrons. The number of aromatic nitrogens is 1. The van der Waals surface area contributed by atoms with Crippen LogP contribution in [0, 0.1) is 5.92 Å². The number of nitrogens with zero attached hydrogens (tertiary/aromatic N) is 1. The number of nitrogens with two attached hydrogens (primary N) is 1. The minimum atomic E-state index is 0.172. The van der Waals surface area contributed by atoms with Gasteiger partial charge in [-0.3, -0.25) is 9.78 Å². The summed E-state index contributed by atoms with van der Waals surface area (Å²) in [4.78, 5) is 15.6. The summed E-state index contributed by atoms with van der Waals surface area (Å²) < 4.78 is 0. The number of hydrogen-bond donors (Lipinski definition) is 1. The van der Waals surface area contributed by atoms with Crippen LogP contribution in [0.3, 0.4) is 0 Å². The Labute approximate surface area is 77.0 Å². The molecule has 2 rings (SSSR count). The predicted molar refractivity (Wildman–Crippen MR) is 50.3 cm³/mol. The zero-order valence-electron chi connectivity index (χ0n) is 7.36. The van der Waals surface area contributed by atoms with Gasteiger partial charge in [-0.2, -0.15) is 0 Å². The van der Waals surface area contributed by atoms with Crippen molar-refractivity contribution in [3.05, 3.63) is 24.0 Å². The Morgan fingerprint density at radius 1 is 1.46 bits per heavy atom. The Morgan fingerprint density at radius 3 is 2.69 bits per heavy atom. The van der Waals surface area contributed by atoms with E-state index in [0.717, 1.165) is 12.8 Å². The van der Waals surface area contributed by atoms with Gasteiger partial charge in [0.2, 0.25) is 0 Å². The van der Waals surface area contributed by atoms with Crippen molar-refractivity contribution < 1.29 is 4.79 Å². The van der Waals surface area contributed by atoms with E-state index in [4.69, 9.17) is 5.73 Å². The molecule has 0 radical (unpaired) electrons. The van der Waals surface area contributed by atoms with E-state index < -0.39 is 0 Å². The zero-order chi connectivity index (χ0) is 9.26. The summed E-state index contributed by atoms with van der Waals surface area (Å²) in [6.07, 6.45) is 4.74. The Kier molecular flexibility index (Phi) is 2.00. The van der Waals surface area contributed by atoms with Crippen LogP contribution in [0.15, 0.2) is 18.3 Å². The smallest absolute Gasteiger partial charge is 0.184 e. The molecule has 1 aromatic heterocycles. The molecule has 0 spiro atoms. The van der Waals surface area contributed by atoms with E-state index in [1.54, 1.807) is 12.1 Å². The molecule has 0 bridgehead atoms. The maximum absolute atomic E-state index is 11.6. The standard InChI is InChI=1S/C10H12N2O/c11-8-4-5-9(12-6-8)10(13)7-2-1-3-7/h4-7H,1-3,11H2. The van der Waals surface area contributed by atoms with Crippen molar-refractivity contribution in [1.29, 1.82) is 0 Å². The molecule has 1 aliphatic carbocycles. The minimum Gasteiger partial charge on any atom is -0.397 e. The number of pyridine rings is 1. The van der Waals surface area contributed by atoms with Gasteiger partial charge in [0.25, 0.3) is 0 Å². The lowest BCUT2D eigenvalue weighted by Crippen LogP contribution is -2.22. The van der Waals surface area contributed by atoms with Gasteiger partial charge in [0, 0.05) is 5.92 Å². The molecule has 0 atom stereocenters. The number of ketones is 1. The second-order valence-corrected chi connectivity index (χ2v) is 3.47. The largest absolute Gasteiger partial charge is 0.397 e. The highest BCUT2D eigenvalue weighted by molar-refractivity contribution is 5.96. The Balaban J connectivity index is 2.15. The van der Waals surface area contributed by atoms with Crippen molar-refractivity contribution in [2.24, 2.45) is 5.92 Å². The summed E-state index contributed by atoms with van der Waals surface area (Å²) in [5.74, 6) is 0.391. The summed E-state index contributed by atoms with van der Waals surface area (Å²) in [6, 6.07) is 3.43. The van der Waals surface area contributed by atoms with Crippen LogP contribution < -0.4 is 5.73 Å². The van der Waals surface area contributed by atoms with E-state index in [-0.39, 0.29) is 11.7 Å². The molecule has 0 amide bonds. The van der Waals surface area contributed by atoms with Crippen molar-refractivity contribution in [3.8, 4) is 0 Å². The normalized spacial score (nSPS) is 16.6. The lowest BCUT2D eigenvalue weighted by molar-refractivity contribution is 0.0850. The van der Waals surface area contributed by atoms with Gasteiger partial charge in [-0.1, -0.05) is 6.42 Å². The average Bonchev–Trinajstić information content (AvgIpc) is 2.02. The highest BCUT2D eigenvalue weighted by Gasteiger charge is 2.26. The van der Waals surface area contributed by atoms with Crippen LogP contribution in [0.1, 0.15) is 29.8 Å². The summed E-state index contributed by atoms with van der Waals surface area (Å²) in [7, 11) is 0. The van der Waals surface area contributed by atoms with E-state index in [0.29, 0.717) is 11.4 Å². The maximum atomic E-state index is 11.6. The summed E-state index contributed by atoms with van der Waals surface area (Å²) in [5.41, 5.74) is 6.63. The molecule has 1 aliphatic rings. The molecule has 3 heteroatoms. The highest BCUT2D eigenvalue weighted by Crippen LogP contribution is 2.29. The van der Waals surface area contributed by atoms with Crippen molar-refractivity contribution in [2.45, 2.75) is 19.3 Å². The Bertz CT molecular complexity index is 314. The molecule has 1 aromatic rings. The number of carbonyl (C=O) groups excluding carboxylic acids is 1. The first-order valence-electron chi connectivity index (χ1n) is 4.53. The lowest BCUT2D eigenvalue weighted by Gasteiger charge is -2.23. The number of hydrogen-bond acceptors (Lipinski definition) is 3. The third-order valence-electron chi connectivity index (χ3n) is 2.51. The third kappa shape index (κ3) is 1.54. The maximum Gasteiger partial charge on any atom is 0.184 e. The molecule has 3 nitrogen and oxygen atoms in total. The van der Waals surface area contributed by atoms with Gasteiger partial charge in [0.15, 0.2) is 5.78 Å². The van der Waals surface area contributed by atoms with E-state index in [9.17, 15) is 4.79 Å². The summed E-state index contributed by atoms with van der Waals surface area (Å²) in [5, 5.41) is 0. The topological polar surface area (TPSA) is 56.0 Å². The summed E-state index contributed by atoms with van der Waals surface area (Å²) >= 11 is 0. The van der Waals surface area contributed by atoms with Gasteiger partial charge in [0.05, 0.1) is 11.9 Å². The van der Waals surface area contributed by atoms with E-state index >= 15 is 0 Å². The van der Waals surface area contributed by atoms with Crippen LogP contribution in [-0.4, -0.2) is 10.8 Å². The fraction of sp³-hybridized carbons (Fsp3) is 0.400. The Hall–Kier alpha value is -1.38. The van der Waals surface area contributed by atoms with Crippen LogP contribution in [0.2, 0.25) is 0 Å². The second kappa shape index (κ2) is 3.17. The van der Waals surface area contributed by atoms with Gasteiger partial charge < -0.3 is 5.73 Å². The lowest BCUT2D eigenvalue weighted by atomic mass is 9.81. The van der Waals surface area contributed by atoms with Gasteiger partial charge in [-0.15, -0.1) is 0 Å². The first-order chi connectivity index (χ1) is 6.27. The van der Waals surface area contributed by atoms with Crippen LogP contribution >= 0.6 is 0 Å². The van der Waals surface area contributed by atoms with E-state index in [1.807, 2.05) is 0 Å². The molecule has 1 heterocycles. The van der Waals surface area contributed by atoms with Crippen LogP contribution in [0.4, 0.5) is 5.69 Å². The summed E-state index contributed by atoms with van der Waals surface area (Å²) in [6.45, 7) is 0. The monoisotopic (exact) mass is 176 g/mol. The van der Waals surface area contributed by atoms with Crippen molar-refractivity contribution in [1.82, 2.24) is 4.98 Å². The molecule has 0 unspecified atom stereocenters. The minimum absolute atomic E-state index is 0.172. The van der Waals surface area contributed by atoms with Crippen molar-refractivity contribution in [2.75, 3.05) is 5.73 Å². The van der Waals surface area contributed by atoms with Crippen LogP contribution in [0.25, 0.3) is 0 Å². The second-order valence-electron chi connectivity index (χ2n) is 3.47. The molecule has 13 heavy (non-hydrogen) atoms. The number of rotatable bonds is 2. The van der Waals surface area contributed by atoms with Crippen LogP contribution in [-0.2, 0) is 0 Å².